The van der Waals surface area contributed by atoms with E-state index < -0.39 is 0 Å². The topological polar surface area (TPSA) is 50.7 Å². The molecular weight excluding hydrogens is 158 g/mol. The number of rotatable bonds is 4. The SMILES string of the molecule is CC(C)(CCC1OCCO1)NO. The second-order valence-electron chi connectivity index (χ2n) is 3.71. The molecule has 0 aromatic heterocycles. The average molecular weight is 175 g/mol. The first-order valence-electron chi connectivity index (χ1n) is 4.28. The van der Waals surface area contributed by atoms with E-state index in [-0.39, 0.29) is 11.8 Å². The van der Waals surface area contributed by atoms with Crippen molar-refractivity contribution >= 4 is 0 Å². The van der Waals surface area contributed by atoms with Gasteiger partial charge in [-0.05, 0) is 20.3 Å². The molecule has 4 nitrogen and oxygen atoms in total. The molecule has 0 atom stereocenters. The maximum atomic E-state index is 8.74. The minimum absolute atomic E-state index is 0.0716. The summed E-state index contributed by atoms with van der Waals surface area (Å²) in [5, 5.41) is 8.74. The van der Waals surface area contributed by atoms with Crippen LogP contribution in [0, 0.1) is 0 Å². The fraction of sp³-hybridized carbons (Fsp3) is 1.00. The molecule has 1 heterocycles. The van der Waals surface area contributed by atoms with Crippen LogP contribution < -0.4 is 5.48 Å². The second kappa shape index (κ2) is 4.18. The van der Waals surface area contributed by atoms with Crippen molar-refractivity contribution in [3.63, 3.8) is 0 Å². The van der Waals surface area contributed by atoms with Crippen LogP contribution >= 0.6 is 0 Å². The summed E-state index contributed by atoms with van der Waals surface area (Å²) in [6.07, 6.45) is 1.58. The first-order chi connectivity index (χ1) is 5.64. The predicted octanol–water partition coefficient (Wildman–Crippen LogP) is 0.897. The van der Waals surface area contributed by atoms with Crippen LogP contribution in [0.3, 0.4) is 0 Å². The number of nitrogens with one attached hydrogen (secondary N) is 1. The molecule has 0 bridgehead atoms. The van der Waals surface area contributed by atoms with Crippen LogP contribution in [0.15, 0.2) is 0 Å². The molecule has 0 amide bonds. The van der Waals surface area contributed by atoms with Gasteiger partial charge in [0.25, 0.3) is 0 Å². The number of hydroxylamine groups is 1. The summed E-state index contributed by atoms with van der Waals surface area (Å²) in [7, 11) is 0. The van der Waals surface area contributed by atoms with Gasteiger partial charge in [0.15, 0.2) is 6.29 Å². The molecule has 4 heteroatoms. The van der Waals surface area contributed by atoms with Crippen molar-refractivity contribution in [3.8, 4) is 0 Å². The molecule has 1 saturated heterocycles. The molecule has 0 saturated carbocycles. The summed E-state index contributed by atoms with van der Waals surface area (Å²) in [5.74, 6) is 0. The highest BCUT2D eigenvalue weighted by molar-refractivity contribution is 4.73. The summed E-state index contributed by atoms with van der Waals surface area (Å²) < 4.78 is 10.5. The Morgan fingerprint density at radius 1 is 1.42 bits per heavy atom. The van der Waals surface area contributed by atoms with Crippen molar-refractivity contribution in [2.24, 2.45) is 0 Å². The molecule has 0 aromatic carbocycles. The maximum absolute atomic E-state index is 8.74. The summed E-state index contributed by atoms with van der Waals surface area (Å²) in [6.45, 7) is 5.25. The van der Waals surface area contributed by atoms with Crippen molar-refractivity contribution in [2.75, 3.05) is 13.2 Å². The largest absolute Gasteiger partial charge is 0.350 e. The Kier molecular flexibility index (Phi) is 3.46. The van der Waals surface area contributed by atoms with Crippen molar-refractivity contribution in [1.29, 1.82) is 0 Å². The molecule has 1 fully saturated rings. The van der Waals surface area contributed by atoms with Gasteiger partial charge in [-0.3, -0.25) is 0 Å². The quantitative estimate of drug-likeness (QED) is 0.623. The molecule has 0 radical (unpaired) electrons. The lowest BCUT2D eigenvalue weighted by Crippen LogP contribution is -2.37. The normalized spacial score (nSPS) is 20.2. The Labute approximate surface area is 72.8 Å². The molecular formula is C8H17NO3. The molecule has 0 aromatic rings. The van der Waals surface area contributed by atoms with Crippen LogP contribution in [0.4, 0.5) is 0 Å². The predicted molar refractivity (Wildman–Crippen MR) is 43.9 cm³/mol. The molecule has 2 N–H and O–H groups in total. The highest BCUT2D eigenvalue weighted by atomic mass is 16.7. The molecule has 12 heavy (non-hydrogen) atoms. The lowest BCUT2D eigenvalue weighted by atomic mass is 10.00. The first kappa shape index (κ1) is 9.92. The average Bonchev–Trinajstić information content (AvgIpc) is 2.53. The van der Waals surface area contributed by atoms with Crippen LogP contribution in [0.25, 0.3) is 0 Å². The van der Waals surface area contributed by atoms with E-state index in [2.05, 4.69) is 5.48 Å². The zero-order chi connectivity index (χ0) is 9.03. The monoisotopic (exact) mass is 175 g/mol. The minimum atomic E-state index is -0.255. The molecule has 0 spiro atoms. The van der Waals surface area contributed by atoms with Crippen LogP contribution in [0.2, 0.25) is 0 Å². The summed E-state index contributed by atoms with van der Waals surface area (Å²) in [6, 6.07) is 0. The van der Waals surface area contributed by atoms with Gasteiger partial charge in [0.2, 0.25) is 0 Å². The Balaban J connectivity index is 2.15. The zero-order valence-electron chi connectivity index (χ0n) is 7.67. The summed E-state index contributed by atoms with van der Waals surface area (Å²) >= 11 is 0. The second-order valence-corrected chi connectivity index (χ2v) is 3.71. The van der Waals surface area contributed by atoms with E-state index in [0.29, 0.717) is 13.2 Å². The van der Waals surface area contributed by atoms with Crippen molar-refractivity contribution in [3.05, 3.63) is 0 Å². The van der Waals surface area contributed by atoms with Crippen LogP contribution in [-0.2, 0) is 9.47 Å². The van der Waals surface area contributed by atoms with Gasteiger partial charge in [-0.15, -0.1) is 0 Å². The van der Waals surface area contributed by atoms with E-state index in [1.54, 1.807) is 0 Å². The highest BCUT2D eigenvalue weighted by Gasteiger charge is 2.21. The Morgan fingerprint density at radius 2 is 2.00 bits per heavy atom. The smallest absolute Gasteiger partial charge is 0.157 e. The molecule has 1 aliphatic heterocycles. The van der Waals surface area contributed by atoms with E-state index in [1.165, 1.54) is 0 Å². The Hall–Kier alpha value is -0.160. The van der Waals surface area contributed by atoms with E-state index >= 15 is 0 Å². The third-order valence-electron chi connectivity index (χ3n) is 2.00. The maximum Gasteiger partial charge on any atom is 0.157 e. The van der Waals surface area contributed by atoms with Crippen molar-refractivity contribution in [1.82, 2.24) is 5.48 Å². The lowest BCUT2D eigenvalue weighted by molar-refractivity contribution is -0.0556. The van der Waals surface area contributed by atoms with Crippen molar-refractivity contribution < 1.29 is 14.7 Å². The minimum Gasteiger partial charge on any atom is -0.350 e. The Bertz CT molecular complexity index is 132. The molecule has 1 aliphatic rings. The highest BCUT2D eigenvalue weighted by Crippen LogP contribution is 2.16. The lowest BCUT2D eigenvalue weighted by Gasteiger charge is -2.23. The number of hydrogen-bond acceptors (Lipinski definition) is 4. The van der Waals surface area contributed by atoms with E-state index in [1.807, 2.05) is 13.8 Å². The molecule has 0 unspecified atom stereocenters. The van der Waals surface area contributed by atoms with Gasteiger partial charge < -0.3 is 14.7 Å². The standard InChI is InChI=1S/C8H17NO3/c1-8(2,9-10)4-3-7-11-5-6-12-7/h7,9-10H,3-6H2,1-2H3. The van der Waals surface area contributed by atoms with Gasteiger partial charge in [-0.2, -0.15) is 0 Å². The van der Waals surface area contributed by atoms with E-state index in [4.69, 9.17) is 14.7 Å². The van der Waals surface area contributed by atoms with Gasteiger partial charge in [0.05, 0.1) is 13.2 Å². The fourth-order valence-electron chi connectivity index (χ4n) is 1.11. The van der Waals surface area contributed by atoms with Gasteiger partial charge >= 0.3 is 0 Å². The van der Waals surface area contributed by atoms with Crippen molar-refractivity contribution in [2.45, 2.75) is 38.5 Å². The van der Waals surface area contributed by atoms with Gasteiger partial charge in [-0.1, -0.05) is 0 Å². The van der Waals surface area contributed by atoms with E-state index in [0.717, 1.165) is 12.8 Å². The number of hydrogen-bond donors (Lipinski definition) is 2. The van der Waals surface area contributed by atoms with Gasteiger partial charge in [-0.25, -0.2) is 5.48 Å². The summed E-state index contributed by atoms with van der Waals surface area (Å²) in [4.78, 5) is 0. The first-order valence-corrected chi connectivity index (χ1v) is 4.28. The molecule has 1 rings (SSSR count). The van der Waals surface area contributed by atoms with Gasteiger partial charge in [0, 0.05) is 12.0 Å². The molecule has 72 valence electrons. The number of ether oxygens (including phenoxy) is 2. The summed E-state index contributed by atoms with van der Waals surface area (Å²) in [5.41, 5.74) is 2.00. The van der Waals surface area contributed by atoms with E-state index in [9.17, 15) is 0 Å². The van der Waals surface area contributed by atoms with Gasteiger partial charge in [0.1, 0.15) is 0 Å². The Morgan fingerprint density at radius 3 is 2.50 bits per heavy atom. The fourth-order valence-corrected chi connectivity index (χ4v) is 1.11. The third kappa shape index (κ3) is 3.06. The van der Waals surface area contributed by atoms with Crippen LogP contribution in [0.1, 0.15) is 26.7 Å². The van der Waals surface area contributed by atoms with Crippen LogP contribution in [0.5, 0.6) is 0 Å². The van der Waals surface area contributed by atoms with Crippen LogP contribution in [-0.4, -0.2) is 30.2 Å². The molecule has 0 aliphatic carbocycles. The third-order valence-corrected chi connectivity index (χ3v) is 2.00. The zero-order valence-corrected chi connectivity index (χ0v) is 7.67.